The van der Waals surface area contributed by atoms with E-state index in [2.05, 4.69) is 28.7 Å². The maximum atomic E-state index is 13.4. The van der Waals surface area contributed by atoms with Gasteiger partial charge >= 0.3 is 0 Å². The van der Waals surface area contributed by atoms with Crippen LogP contribution in [0.15, 0.2) is 23.0 Å². The molecule has 1 saturated carbocycles. The summed E-state index contributed by atoms with van der Waals surface area (Å²) in [4.78, 5) is 42.0. The Morgan fingerprint density at radius 2 is 1.90 bits per heavy atom. The van der Waals surface area contributed by atoms with Gasteiger partial charge in [0.25, 0.3) is 5.91 Å². The number of pyridine rings is 1. The van der Waals surface area contributed by atoms with E-state index in [-0.39, 0.29) is 11.5 Å². The Labute approximate surface area is 183 Å². The van der Waals surface area contributed by atoms with Crippen LogP contribution in [0.2, 0.25) is 0 Å². The van der Waals surface area contributed by atoms with Gasteiger partial charge in [0.05, 0.1) is 12.2 Å². The van der Waals surface area contributed by atoms with E-state index in [1.165, 1.54) is 12.5 Å². The molecule has 7 heteroatoms. The van der Waals surface area contributed by atoms with Crippen molar-refractivity contribution in [2.75, 3.05) is 24.5 Å². The molecular weight excluding hydrogens is 390 g/mol. The summed E-state index contributed by atoms with van der Waals surface area (Å²) in [6.45, 7) is 9.14. The number of nitrogens with zero attached hydrogens (tertiary/aromatic N) is 4. The van der Waals surface area contributed by atoms with Gasteiger partial charge in [0.1, 0.15) is 0 Å². The molecule has 7 nitrogen and oxygen atoms in total. The van der Waals surface area contributed by atoms with Crippen LogP contribution in [0.25, 0.3) is 0 Å². The normalized spacial score (nSPS) is 16.6. The zero-order chi connectivity index (χ0) is 22.0. The van der Waals surface area contributed by atoms with Crippen LogP contribution in [0.1, 0.15) is 79.3 Å². The molecule has 2 aromatic heterocycles. The third-order valence-electron chi connectivity index (χ3n) is 5.89. The molecule has 1 aliphatic heterocycles. The summed E-state index contributed by atoms with van der Waals surface area (Å²) >= 11 is 0. The number of nitrogens with one attached hydrogen (secondary N) is 1. The van der Waals surface area contributed by atoms with E-state index in [1.54, 1.807) is 0 Å². The Morgan fingerprint density at radius 1 is 1.16 bits per heavy atom. The van der Waals surface area contributed by atoms with E-state index >= 15 is 0 Å². The predicted molar refractivity (Wildman–Crippen MR) is 121 cm³/mol. The Hall–Kier alpha value is -2.70. The first kappa shape index (κ1) is 21.5. The van der Waals surface area contributed by atoms with E-state index in [4.69, 9.17) is 4.98 Å². The van der Waals surface area contributed by atoms with Gasteiger partial charge in [0, 0.05) is 42.7 Å². The molecule has 2 aliphatic rings. The van der Waals surface area contributed by atoms with Crippen LogP contribution in [0.5, 0.6) is 0 Å². The minimum atomic E-state index is -0.206. The summed E-state index contributed by atoms with van der Waals surface area (Å²) in [5.41, 5.74) is 2.89. The van der Waals surface area contributed by atoms with Gasteiger partial charge in [0.15, 0.2) is 0 Å². The Kier molecular flexibility index (Phi) is 6.39. The van der Waals surface area contributed by atoms with Crippen LogP contribution in [-0.2, 0) is 6.54 Å². The van der Waals surface area contributed by atoms with Gasteiger partial charge < -0.3 is 14.8 Å². The van der Waals surface area contributed by atoms with Gasteiger partial charge in [-0.2, -0.15) is 0 Å². The summed E-state index contributed by atoms with van der Waals surface area (Å²) in [5.74, 6) is 1.34. The molecule has 1 amide bonds. The molecule has 166 valence electrons. The first-order chi connectivity index (χ1) is 14.9. The molecule has 0 unspecified atom stereocenters. The van der Waals surface area contributed by atoms with Crippen LogP contribution in [-0.4, -0.2) is 45.4 Å². The summed E-state index contributed by atoms with van der Waals surface area (Å²) < 4.78 is 0. The minimum Gasteiger partial charge on any atom is -0.341 e. The molecule has 2 aromatic rings. The van der Waals surface area contributed by atoms with Crippen LogP contribution in [0.3, 0.4) is 0 Å². The van der Waals surface area contributed by atoms with Gasteiger partial charge in [-0.25, -0.2) is 9.97 Å². The third-order valence-corrected chi connectivity index (χ3v) is 5.89. The average Bonchev–Trinajstić information content (AvgIpc) is 3.58. The molecular formula is C24H33N5O2. The van der Waals surface area contributed by atoms with Crippen molar-refractivity contribution in [1.82, 2.24) is 19.9 Å². The number of hydrogen-bond acceptors (Lipinski definition) is 5. The number of carbonyl (C=O) groups excluding carboxylic acids is 1. The molecule has 0 radical (unpaired) electrons. The van der Waals surface area contributed by atoms with Crippen LogP contribution in [0, 0.1) is 12.8 Å². The van der Waals surface area contributed by atoms with Gasteiger partial charge in [-0.15, -0.1) is 0 Å². The lowest BCUT2D eigenvalue weighted by Gasteiger charge is -2.28. The lowest BCUT2D eigenvalue weighted by molar-refractivity contribution is 0.0720. The number of piperidine rings is 1. The van der Waals surface area contributed by atoms with Gasteiger partial charge in [-0.1, -0.05) is 13.8 Å². The zero-order valence-electron chi connectivity index (χ0n) is 18.9. The van der Waals surface area contributed by atoms with Crippen molar-refractivity contribution in [3.8, 4) is 0 Å². The van der Waals surface area contributed by atoms with Crippen molar-refractivity contribution < 1.29 is 4.79 Å². The number of aromatic nitrogens is 3. The molecule has 0 spiro atoms. The molecule has 31 heavy (non-hydrogen) atoms. The standard InChI is InChI=1S/C24H33N5O2/c1-16(2)14-29(23(31)19-12-21(18-7-8-18)27-22(30)13-19)15-20-11-17(3)25-24(26-20)28-9-5-4-6-10-28/h11-13,16,18H,4-10,14-15H2,1-3H3,(H,27,30). The minimum absolute atomic E-state index is 0.113. The predicted octanol–water partition coefficient (Wildman–Crippen LogP) is 3.64. The second kappa shape index (κ2) is 9.20. The molecule has 2 fully saturated rings. The molecule has 1 N–H and O–H groups in total. The highest BCUT2D eigenvalue weighted by Gasteiger charge is 2.27. The molecule has 0 atom stereocenters. The van der Waals surface area contributed by atoms with Crippen molar-refractivity contribution in [3.05, 3.63) is 51.2 Å². The molecule has 0 aromatic carbocycles. The van der Waals surface area contributed by atoms with Crippen LogP contribution in [0.4, 0.5) is 5.95 Å². The fraction of sp³-hybridized carbons (Fsp3) is 0.583. The van der Waals surface area contributed by atoms with Crippen molar-refractivity contribution in [2.24, 2.45) is 5.92 Å². The lowest BCUT2D eigenvalue weighted by atomic mass is 10.1. The number of aromatic amines is 1. The fourth-order valence-electron chi connectivity index (χ4n) is 4.27. The first-order valence-corrected chi connectivity index (χ1v) is 11.5. The summed E-state index contributed by atoms with van der Waals surface area (Å²) in [7, 11) is 0. The smallest absolute Gasteiger partial charge is 0.254 e. The molecule has 3 heterocycles. The highest BCUT2D eigenvalue weighted by atomic mass is 16.2. The SMILES string of the molecule is Cc1cc(CN(CC(C)C)C(=O)c2cc(C3CC3)[nH]c(=O)c2)nc(N2CCCCC2)n1. The van der Waals surface area contributed by atoms with E-state index in [1.807, 2.05) is 24.0 Å². The number of hydrogen-bond donors (Lipinski definition) is 1. The maximum absolute atomic E-state index is 13.4. The molecule has 0 bridgehead atoms. The van der Waals surface area contributed by atoms with E-state index < -0.39 is 0 Å². The first-order valence-electron chi connectivity index (χ1n) is 11.5. The quantitative estimate of drug-likeness (QED) is 0.735. The summed E-state index contributed by atoms with van der Waals surface area (Å²) in [6.07, 6.45) is 5.73. The fourth-order valence-corrected chi connectivity index (χ4v) is 4.27. The summed E-state index contributed by atoms with van der Waals surface area (Å²) in [6, 6.07) is 5.24. The van der Waals surface area contributed by atoms with Gasteiger partial charge in [-0.3, -0.25) is 9.59 Å². The molecule has 1 aliphatic carbocycles. The van der Waals surface area contributed by atoms with Crippen LogP contribution < -0.4 is 10.5 Å². The Bertz CT molecular complexity index is 990. The van der Waals surface area contributed by atoms with E-state index in [9.17, 15) is 9.59 Å². The van der Waals surface area contributed by atoms with Gasteiger partial charge in [-0.05, 0) is 63.0 Å². The van der Waals surface area contributed by atoms with Crippen LogP contribution >= 0.6 is 0 Å². The number of amides is 1. The lowest BCUT2D eigenvalue weighted by Crippen LogP contribution is -2.35. The van der Waals surface area contributed by atoms with Crippen molar-refractivity contribution in [1.29, 1.82) is 0 Å². The van der Waals surface area contributed by atoms with E-state index in [0.29, 0.717) is 30.5 Å². The topological polar surface area (TPSA) is 82.2 Å². The van der Waals surface area contributed by atoms with Gasteiger partial charge in [0.2, 0.25) is 11.5 Å². The Morgan fingerprint density at radius 3 is 2.58 bits per heavy atom. The second-order valence-electron chi connectivity index (χ2n) is 9.39. The number of carbonyl (C=O) groups is 1. The number of aryl methyl sites for hydroxylation is 1. The number of rotatable bonds is 7. The average molecular weight is 424 g/mol. The highest BCUT2D eigenvalue weighted by molar-refractivity contribution is 5.94. The van der Waals surface area contributed by atoms with E-state index in [0.717, 1.165) is 61.8 Å². The second-order valence-corrected chi connectivity index (χ2v) is 9.39. The Balaban J connectivity index is 1.59. The largest absolute Gasteiger partial charge is 0.341 e. The number of H-pyrrole nitrogens is 1. The van der Waals surface area contributed by atoms with Crippen molar-refractivity contribution in [2.45, 2.75) is 65.3 Å². The zero-order valence-corrected chi connectivity index (χ0v) is 18.9. The molecule has 1 saturated heterocycles. The van der Waals surface area contributed by atoms with Crippen molar-refractivity contribution in [3.63, 3.8) is 0 Å². The highest BCUT2D eigenvalue weighted by Crippen LogP contribution is 2.38. The third kappa shape index (κ3) is 5.51. The number of anilines is 1. The summed E-state index contributed by atoms with van der Waals surface area (Å²) in [5, 5.41) is 0. The molecule has 4 rings (SSSR count). The maximum Gasteiger partial charge on any atom is 0.254 e. The van der Waals surface area contributed by atoms with Crippen molar-refractivity contribution >= 4 is 11.9 Å². The monoisotopic (exact) mass is 423 g/mol.